The predicted octanol–water partition coefficient (Wildman–Crippen LogP) is 0.367. The first-order valence-electron chi connectivity index (χ1n) is 6.36. The Morgan fingerprint density at radius 3 is 2.17 bits per heavy atom. The van der Waals surface area contributed by atoms with Crippen LogP contribution in [0.5, 0.6) is 0 Å². The lowest BCUT2D eigenvalue weighted by Gasteiger charge is -2.45. The first-order valence-corrected chi connectivity index (χ1v) is 8.09. The van der Waals surface area contributed by atoms with Gasteiger partial charge < -0.3 is 29.5 Å². The molecule has 0 radical (unpaired) electrons. The standard InChI is InChI=1S/C11H26N2O4Si/c1-14-18(15-2,16-3)11(8-6-10(12)13)7-4-5-9-17-11/h10H,4-9,12-13H2,1-3H3. The molecule has 108 valence electrons. The van der Waals surface area contributed by atoms with Gasteiger partial charge in [-0.1, -0.05) is 0 Å². The fraction of sp³-hybridized carbons (Fsp3) is 1.00. The Kier molecular flexibility index (Phi) is 6.19. The molecule has 7 heteroatoms. The third kappa shape index (κ3) is 3.10. The Morgan fingerprint density at radius 1 is 1.17 bits per heavy atom. The minimum absolute atomic E-state index is 0.357. The second-order valence-corrected chi connectivity index (χ2v) is 7.92. The van der Waals surface area contributed by atoms with Gasteiger partial charge in [-0.15, -0.1) is 0 Å². The Labute approximate surface area is 110 Å². The van der Waals surface area contributed by atoms with Gasteiger partial charge in [0.25, 0.3) is 0 Å². The first-order chi connectivity index (χ1) is 8.56. The van der Waals surface area contributed by atoms with Crippen LogP contribution >= 0.6 is 0 Å². The summed E-state index contributed by atoms with van der Waals surface area (Å²) in [5.74, 6) is 0. The maximum atomic E-state index is 6.03. The van der Waals surface area contributed by atoms with Crippen molar-refractivity contribution in [2.45, 2.75) is 43.5 Å². The molecule has 1 rings (SSSR count). The van der Waals surface area contributed by atoms with E-state index in [0.29, 0.717) is 19.4 Å². The van der Waals surface area contributed by atoms with Gasteiger partial charge in [0.2, 0.25) is 0 Å². The van der Waals surface area contributed by atoms with E-state index in [2.05, 4.69) is 0 Å². The number of hydrogen-bond acceptors (Lipinski definition) is 6. The molecule has 6 nitrogen and oxygen atoms in total. The fourth-order valence-corrected chi connectivity index (χ4v) is 5.48. The number of rotatable bonds is 7. The highest BCUT2D eigenvalue weighted by molar-refractivity contribution is 6.64. The third-order valence-electron chi connectivity index (χ3n) is 3.60. The van der Waals surface area contributed by atoms with Crippen LogP contribution in [0, 0.1) is 0 Å². The zero-order chi connectivity index (χ0) is 13.6. The molecular weight excluding hydrogens is 252 g/mol. The van der Waals surface area contributed by atoms with Gasteiger partial charge in [-0.3, -0.25) is 0 Å². The molecule has 1 heterocycles. The summed E-state index contributed by atoms with van der Waals surface area (Å²) in [6, 6.07) is 0. The highest BCUT2D eigenvalue weighted by Crippen LogP contribution is 2.39. The average molecular weight is 278 g/mol. The maximum Gasteiger partial charge on any atom is 0.533 e. The molecule has 0 aromatic rings. The molecule has 18 heavy (non-hydrogen) atoms. The summed E-state index contributed by atoms with van der Waals surface area (Å²) in [5.41, 5.74) is 11.3. The molecule has 0 bridgehead atoms. The molecular formula is C11H26N2O4Si. The van der Waals surface area contributed by atoms with E-state index in [-0.39, 0.29) is 6.17 Å². The molecule has 0 saturated carbocycles. The molecule has 0 amide bonds. The van der Waals surface area contributed by atoms with Crippen LogP contribution in [0.2, 0.25) is 0 Å². The summed E-state index contributed by atoms with van der Waals surface area (Å²) in [4.78, 5) is 0. The van der Waals surface area contributed by atoms with E-state index in [1.165, 1.54) is 0 Å². The minimum Gasteiger partial charge on any atom is -0.375 e. The van der Waals surface area contributed by atoms with Crippen molar-refractivity contribution in [1.29, 1.82) is 0 Å². The van der Waals surface area contributed by atoms with Crippen molar-refractivity contribution in [2.75, 3.05) is 27.9 Å². The number of nitrogens with two attached hydrogens (primary N) is 2. The van der Waals surface area contributed by atoms with E-state index in [1.807, 2.05) is 0 Å². The van der Waals surface area contributed by atoms with E-state index in [0.717, 1.165) is 19.3 Å². The lowest BCUT2D eigenvalue weighted by molar-refractivity contribution is -0.0881. The van der Waals surface area contributed by atoms with Crippen molar-refractivity contribution in [3.8, 4) is 0 Å². The Bertz CT molecular complexity index is 235. The van der Waals surface area contributed by atoms with Crippen LogP contribution in [-0.2, 0) is 18.0 Å². The minimum atomic E-state index is -2.87. The van der Waals surface area contributed by atoms with Crippen molar-refractivity contribution < 1.29 is 18.0 Å². The summed E-state index contributed by atoms with van der Waals surface area (Å²) in [7, 11) is 1.97. The van der Waals surface area contributed by atoms with Gasteiger partial charge in [-0.25, -0.2) is 0 Å². The summed E-state index contributed by atoms with van der Waals surface area (Å²) in [5, 5.41) is -0.513. The van der Waals surface area contributed by atoms with Crippen molar-refractivity contribution >= 4 is 8.80 Å². The van der Waals surface area contributed by atoms with Gasteiger partial charge in [-0.2, -0.15) is 0 Å². The number of ether oxygens (including phenoxy) is 1. The van der Waals surface area contributed by atoms with E-state index >= 15 is 0 Å². The smallest absolute Gasteiger partial charge is 0.375 e. The predicted molar refractivity (Wildman–Crippen MR) is 70.7 cm³/mol. The van der Waals surface area contributed by atoms with Crippen LogP contribution in [0.25, 0.3) is 0 Å². The molecule has 0 aromatic carbocycles. The first kappa shape index (κ1) is 16.0. The van der Waals surface area contributed by atoms with E-state index < -0.39 is 14.0 Å². The topological polar surface area (TPSA) is 89.0 Å². The number of hydrogen-bond donors (Lipinski definition) is 2. The van der Waals surface area contributed by atoms with Gasteiger partial charge in [0.15, 0.2) is 0 Å². The van der Waals surface area contributed by atoms with Crippen LogP contribution in [0.1, 0.15) is 32.1 Å². The molecule has 1 aliphatic heterocycles. The van der Waals surface area contributed by atoms with Crippen molar-refractivity contribution in [3.05, 3.63) is 0 Å². The normalized spacial score (nSPS) is 25.7. The maximum absolute atomic E-state index is 6.03. The summed E-state index contributed by atoms with van der Waals surface area (Å²) >= 11 is 0. The monoisotopic (exact) mass is 278 g/mol. The van der Waals surface area contributed by atoms with Crippen LogP contribution in [0.15, 0.2) is 0 Å². The van der Waals surface area contributed by atoms with Crippen LogP contribution < -0.4 is 11.5 Å². The Hall–Kier alpha value is -0.0231. The second-order valence-electron chi connectivity index (χ2n) is 4.67. The average Bonchev–Trinajstić information content (AvgIpc) is 2.40. The fourth-order valence-electron chi connectivity index (χ4n) is 2.65. The zero-order valence-electron chi connectivity index (χ0n) is 11.6. The van der Waals surface area contributed by atoms with Crippen molar-refractivity contribution in [3.63, 3.8) is 0 Å². The van der Waals surface area contributed by atoms with Crippen LogP contribution in [0.4, 0.5) is 0 Å². The molecule has 0 aromatic heterocycles. The van der Waals surface area contributed by atoms with Crippen LogP contribution in [-0.4, -0.2) is 48.1 Å². The highest BCUT2D eigenvalue weighted by atomic mass is 28.4. The van der Waals surface area contributed by atoms with Crippen LogP contribution in [0.3, 0.4) is 0 Å². The van der Waals surface area contributed by atoms with Gasteiger partial charge >= 0.3 is 8.80 Å². The molecule has 0 aliphatic carbocycles. The third-order valence-corrected chi connectivity index (χ3v) is 6.97. The van der Waals surface area contributed by atoms with E-state index in [1.54, 1.807) is 21.3 Å². The molecule has 4 N–H and O–H groups in total. The SMILES string of the molecule is CO[Si](OC)(OC)C1(CCC(N)N)CCCCO1. The largest absolute Gasteiger partial charge is 0.533 e. The summed E-state index contributed by atoms with van der Waals surface area (Å²) in [6.07, 6.45) is 3.99. The molecule has 0 spiro atoms. The molecule has 1 atom stereocenters. The molecule has 1 aliphatic rings. The van der Waals surface area contributed by atoms with E-state index in [9.17, 15) is 0 Å². The lowest BCUT2D eigenvalue weighted by atomic mass is 10.0. The van der Waals surface area contributed by atoms with Gasteiger partial charge in [0.05, 0.1) is 6.17 Å². The van der Waals surface area contributed by atoms with Gasteiger partial charge in [0, 0.05) is 27.9 Å². The van der Waals surface area contributed by atoms with E-state index in [4.69, 9.17) is 29.5 Å². The highest BCUT2D eigenvalue weighted by Gasteiger charge is 2.61. The summed E-state index contributed by atoms with van der Waals surface area (Å²) < 4.78 is 22.8. The van der Waals surface area contributed by atoms with Crippen molar-refractivity contribution in [1.82, 2.24) is 0 Å². The lowest BCUT2D eigenvalue weighted by Crippen LogP contribution is -2.66. The van der Waals surface area contributed by atoms with Crippen molar-refractivity contribution in [2.24, 2.45) is 11.5 Å². The Balaban J connectivity index is 2.93. The summed E-state index contributed by atoms with van der Waals surface area (Å²) in [6.45, 7) is 0.699. The quantitative estimate of drug-likeness (QED) is 0.516. The molecule has 1 fully saturated rings. The molecule has 1 saturated heterocycles. The zero-order valence-corrected chi connectivity index (χ0v) is 12.6. The Morgan fingerprint density at radius 2 is 1.78 bits per heavy atom. The second kappa shape index (κ2) is 6.95. The molecule has 1 unspecified atom stereocenters. The van der Waals surface area contributed by atoms with Gasteiger partial charge in [-0.05, 0) is 32.1 Å². The van der Waals surface area contributed by atoms with Gasteiger partial charge in [0.1, 0.15) is 5.22 Å².